The van der Waals surface area contributed by atoms with Crippen LogP contribution in [0, 0.1) is 0 Å². The first-order valence-electron chi connectivity index (χ1n) is 7.51. The van der Waals surface area contributed by atoms with Gasteiger partial charge < -0.3 is 10.6 Å². The molecule has 0 atom stereocenters. The summed E-state index contributed by atoms with van der Waals surface area (Å²) in [7, 11) is 1.89. The first-order chi connectivity index (χ1) is 11.3. The van der Waals surface area contributed by atoms with Crippen molar-refractivity contribution in [1.82, 2.24) is 0 Å². The number of ketones is 1. The van der Waals surface area contributed by atoms with Gasteiger partial charge in [0, 0.05) is 23.9 Å². The van der Waals surface area contributed by atoms with Crippen molar-refractivity contribution in [3.8, 4) is 0 Å². The quantitative estimate of drug-likeness (QED) is 0.671. The summed E-state index contributed by atoms with van der Waals surface area (Å²) in [6.45, 7) is 0. The van der Waals surface area contributed by atoms with E-state index in [1.165, 1.54) is 0 Å². The maximum atomic E-state index is 12.4. The number of carbonyl (C=O) groups is 1. The molecule has 3 nitrogen and oxygen atoms in total. The smallest absolute Gasteiger partial charge is 0.193 e. The Morgan fingerprint density at radius 2 is 1.26 bits per heavy atom. The second-order valence-corrected chi connectivity index (χ2v) is 5.19. The van der Waals surface area contributed by atoms with E-state index in [4.69, 9.17) is 0 Å². The largest absolute Gasteiger partial charge is 0.386 e. The molecule has 3 rings (SSSR count). The number of rotatable bonds is 5. The van der Waals surface area contributed by atoms with Crippen LogP contribution < -0.4 is 10.6 Å². The van der Waals surface area contributed by atoms with Crippen LogP contribution in [-0.4, -0.2) is 12.8 Å². The second-order valence-electron chi connectivity index (χ2n) is 5.19. The fourth-order valence-corrected chi connectivity index (χ4v) is 2.43. The summed E-state index contributed by atoms with van der Waals surface area (Å²) in [5.74, 6) is 0.0350. The van der Waals surface area contributed by atoms with Crippen LogP contribution in [-0.2, 0) is 0 Å². The van der Waals surface area contributed by atoms with Gasteiger partial charge in [0.15, 0.2) is 5.78 Å². The first kappa shape index (κ1) is 14.9. The molecule has 23 heavy (non-hydrogen) atoms. The van der Waals surface area contributed by atoms with E-state index in [1.54, 1.807) is 0 Å². The molecule has 0 heterocycles. The highest BCUT2D eigenvalue weighted by molar-refractivity contribution is 6.09. The molecule has 0 radical (unpaired) electrons. The van der Waals surface area contributed by atoms with Crippen LogP contribution in [0.15, 0.2) is 78.9 Å². The minimum Gasteiger partial charge on any atom is -0.386 e. The van der Waals surface area contributed by atoms with Gasteiger partial charge in [0.05, 0.1) is 11.4 Å². The molecular weight excluding hydrogens is 284 g/mol. The molecule has 0 aliphatic rings. The molecule has 0 saturated heterocycles. The van der Waals surface area contributed by atoms with E-state index in [1.807, 2.05) is 85.9 Å². The Hall–Kier alpha value is -3.07. The van der Waals surface area contributed by atoms with E-state index in [9.17, 15) is 4.79 Å². The van der Waals surface area contributed by atoms with E-state index in [0.29, 0.717) is 11.1 Å². The summed E-state index contributed by atoms with van der Waals surface area (Å²) in [6, 6.07) is 24.8. The number of hydrogen-bond donors (Lipinski definition) is 2. The minimum absolute atomic E-state index is 0.0350. The first-order valence-corrected chi connectivity index (χ1v) is 7.51. The zero-order valence-electron chi connectivity index (χ0n) is 12.9. The van der Waals surface area contributed by atoms with Gasteiger partial charge >= 0.3 is 0 Å². The molecule has 0 saturated carbocycles. The van der Waals surface area contributed by atoms with Crippen LogP contribution >= 0.6 is 0 Å². The predicted molar refractivity (Wildman–Crippen MR) is 95.6 cm³/mol. The SMILES string of the molecule is CNc1ccccc1Nc1ccc(C(=O)c2ccccc2)cc1. The number of hydrogen-bond acceptors (Lipinski definition) is 3. The molecular formula is C20H18N2O. The van der Waals surface area contributed by atoms with Crippen molar-refractivity contribution >= 4 is 22.8 Å². The van der Waals surface area contributed by atoms with Gasteiger partial charge in [0.1, 0.15) is 0 Å². The van der Waals surface area contributed by atoms with Crippen molar-refractivity contribution < 1.29 is 4.79 Å². The van der Waals surface area contributed by atoms with E-state index < -0.39 is 0 Å². The number of carbonyl (C=O) groups excluding carboxylic acids is 1. The van der Waals surface area contributed by atoms with Gasteiger partial charge in [-0.2, -0.15) is 0 Å². The van der Waals surface area contributed by atoms with Gasteiger partial charge in [0.2, 0.25) is 0 Å². The summed E-state index contributed by atoms with van der Waals surface area (Å²) in [6.07, 6.45) is 0. The lowest BCUT2D eigenvalue weighted by atomic mass is 10.0. The van der Waals surface area contributed by atoms with Crippen molar-refractivity contribution in [2.24, 2.45) is 0 Å². The summed E-state index contributed by atoms with van der Waals surface area (Å²) in [5, 5.41) is 6.51. The highest BCUT2D eigenvalue weighted by atomic mass is 16.1. The summed E-state index contributed by atoms with van der Waals surface area (Å²) >= 11 is 0. The van der Waals surface area contributed by atoms with E-state index in [2.05, 4.69) is 10.6 Å². The lowest BCUT2D eigenvalue weighted by Crippen LogP contribution is -2.01. The van der Waals surface area contributed by atoms with Gasteiger partial charge in [-0.3, -0.25) is 4.79 Å². The van der Waals surface area contributed by atoms with Crippen molar-refractivity contribution in [1.29, 1.82) is 0 Å². The average Bonchev–Trinajstić information content (AvgIpc) is 2.63. The van der Waals surface area contributed by atoms with Crippen LogP contribution in [0.4, 0.5) is 17.1 Å². The summed E-state index contributed by atoms with van der Waals surface area (Å²) in [5.41, 5.74) is 4.35. The normalized spacial score (nSPS) is 10.1. The maximum Gasteiger partial charge on any atom is 0.193 e. The molecule has 0 aromatic heterocycles. The maximum absolute atomic E-state index is 12.4. The van der Waals surface area contributed by atoms with Gasteiger partial charge in [0.25, 0.3) is 0 Å². The van der Waals surface area contributed by atoms with Crippen molar-refractivity contribution in [3.63, 3.8) is 0 Å². The Labute approximate surface area is 136 Å². The third kappa shape index (κ3) is 3.40. The molecule has 3 aromatic carbocycles. The van der Waals surface area contributed by atoms with Crippen LogP contribution in [0.2, 0.25) is 0 Å². The van der Waals surface area contributed by atoms with Gasteiger partial charge in [-0.15, -0.1) is 0 Å². The number of para-hydroxylation sites is 2. The van der Waals surface area contributed by atoms with Gasteiger partial charge in [-0.25, -0.2) is 0 Å². The minimum atomic E-state index is 0.0350. The molecule has 0 fully saturated rings. The monoisotopic (exact) mass is 302 g/mol. The van der Waals surface area contributed by atoms with E-state index in [-0.39, 0.29) is 5.78 Å². The van der Waals surface area contributed by atoms with Crippen LogP contribution in [0.3, 0.4) is 0 Å². The Morgan fingerprint density at radius 3 is 1.91 bits per heavy atom. The number of nitrogens with one attached hydrogen (secondary N) is 2. The van der Waals surface area contributed by atoms with E-state index in [0.717, 1.165) is 17.1 Å². The molecule has 0 unspecified atom stereocenters. The van der Waals surface area contributed by atoms with Crippen molar-refractivity contribution in [3.05, 3.63) is 90.0 Å². The average molecular weight is 302 g/mol. The lowest BCUT2D eigenvalue weighted by Gasteiger charge is -2.12. The highest BCUT2D eigenvalue weighted by Crippen LogP contribution is 2.25. The summed E-state index contributed by atoms with van der Waals surface area (Å²) < 4.78 is 0. The number of anilines is 3. The molecule has 0 spiro atoms. The van der Waals surface area contributed by atoms with Crippen LogP contribution in [0.5, 0.6) is 0 Å². The standard InChI is InChI=1S/C20H18N2O/c1-21-18-9-5-6-10-19(18)22-17-13-11-16(12-14-17)20(23)15-7-3-2-4-8-15/h2-14,21-22H,1H3. The van der Waals surface area contributed by atoms with E-state index >= 15 is 0 Å². The highest BCUT2D eigenvalue weighted by Gasteiger charge is 2.08. The third-order valence-corrected chi connectivity index (χ3v) is 3.66. The summed E-state index contributed by atoms with van der Waals surface area (Å²) in [4.78, 5) is 12.4. The van der Waals surface area contributed by atoms with Crippen LogP contribution in [0.25, 0.3) is 0 Å². The molecule has 114 valence electrons. The topological polar surface area (TPSA) is 41.1 Å². The molecule has 0 aliphatic carbocycles. The molecule has 0 bridgehead atoms. The molecule has 3 heteroatoms. The zero-order chi connectivity index (χ0) is 16.1. The lowest BCUT2D eigenvalue weighted by molar-refractivity contribution is 0.103. The fraction of sp³-hybridized carbons (Fsp3) is 0.0500. The van der Waals surface area contributed by atoms with Crippen molar-refractivity contribution in [2.45, 2.75) is 0 Å². The fourth-order valence-electron chi connectivity index (χ4n) is 2.43. The predicted octanol–water partition coefficient (Wildman–Crippen LogP) is 4.70. The Kier molecular flexibility index (Phi) is 4.39. The van der Waals surface area contributed by atoms with Crippen LogP contribution in [0.1, 0.15) is 15.9 Å². The molecule has 0 amide bonds. The van der Waals surface area contributed by atoms with Gasteiger partial charge in [-0.1, -0.05) is 42.5 Å². The Balaban J connectivity index is 1.79. The Bertz CT molecular complexity index is 795. The van der Waals surface area contributed by atoms with Gasteiger partial charge in [-0.05, 0) is 36.4 Å². The second kappa shape index (κ2) is 6.79. The zero-order valence-corrected chi connectivity index (χ0v) is 12.9. The number of benzene rings is 3. The molecule has 3 aromatic rings. The molecule has 2 N–H and O–H groups in total. The Morgan fingerprint density at radius 1 is 0.696 bits per heavy atom. The van der Waals surface area contributed by atoms with Crippen molar-refractivity contribution in [2.75, 3.05) is 17.7 Å². The third-order valence-electron chi connectivity index (χ3n) is 3.66. The molecule has 0 aliphatic heterocycles.